The van der Waals surface area contributed by atoms with Gasteiger partial charge >= 0.3 is 0 Å². The highest BCUT2D eigenvalue weighted by Crippen LogP contribution is 2.02. The van der Waals surface area contributed by atoms with Crippen molar-refractivity contribution in [2.24, 2.45) is 0 Å². The number of benzene rings is 1. The summed E-state index contributed by atoms with van der Waals surface area (Å²) in [6.45, 7) is 1.76. The van der Waals surface area contributed by atoms with Crippen LogP contribution in [-0.2, 0) is 6.42 Å². The van der Waals surface area contributed by atoms with Crippen molar-refractivity contribution in [3.63, 3.8) is 0 Å². The standard InChI is InChI=1S/C12H16O/c1-11(13)7-5-6-10-12-8-3-2-4-9-12/h2-5,7-9,11,13H,6,10H2,1H3/b7-5+/t11-/m0/s1. The van der Waals surface area contributed by atoms with Crippen LogP contribution in [0.5, 0.6) is 0 Å². The van der Waals surface area contributed by atoms with Gasteiger partial charge in [-0.05, 0) is 25.3 Å². The Bertz CT molecular complexity index is 249. The van der Waals surface area contributed by atoms with Crippen LogP contribution in [0, 0.1) is 0 Å². The maximum Gasteiger partial charge on any atom is 0.0692 e. The van der Waals surface area contributed by atoms with Crippen molar-refractivity contribution in [1.29, 1.82) is 0 Å². The summed E-state index contributed by atoms with van der Waals surface area (Å²) in [5.74, 6) is 0. The fourth-order valence-electron chi connectivity index (χ4n) is 1.19. The zero-order chi connectivity index (χ0) is 9.52. The molecule has 0 spiro atoms. The second kappa shape index (κ2) is 5.55. The van der Waals surface area contributed by atoms with Crippen molar-refractivity contribution in [2.45, 2.75) is 25.9 Å². The average Bonchev–Trinajstić information content (AvgIpc) is 2.14. The van der Waals surface area contributed by atoms with Crippen LogP contribution >= 0.6 is 0 Å². The molecule has 1 nitrogen and oxygen atoms in total. The first-order valence-corrected chi connectivity index (χ1v) is 4.67. The molecule has 1 aromatic rings. The van der Waals surface area contributed by atoms with Gasteiger partial charge in [-0.2, -0.15) is 0 Å². The number of hydrogen-bond donors (Lipinski definition) is 1. The minimum absolute atomic E-state index is 0.323. The number of rotatable bonds is 4. The molecule has 13 heavy (non-hydrogen) atoms. The molecule has 0 aliphatic heterocycles. The molecule has 0 amide bonds. The predicted molar refractivity (Wildman–Crippen MR) is 55.6 cm³/mol. The van der Waals surface area contributed by atoms with E-state index in [2.05, 4.69) is 12.1 Å². The Kier molecular flexibility index (Phi) is 4.27. The van der Waals surface area contributed by atoms with E-state index in [4.69, 9.17) is 5.11 Å². The van der Waals surface area contributed by atoms with E-state index in [1.54, 1.807) is 6.92 Å². The van der Waals surface area contributed by atoms with E-state index in [0.717, 1.165) is 12.8 Å². The molecule has 0 heterocycles. The number of allylic oxidation sites excluding steroid dienone is 1. The second-order valence-corrected chi connectivity index (χ2v) is 3.19. The summed E-state index contributed by atoms with van der Waals surface area (Å²) in [6.07, 6.45) is 5.57. The number of aryl methyl sites for hydroxylation is 1. The van der Waals surface area contributed by atoms with Crippen molar-refractivity contribution in [1.82, 2.24) is 0 Å². The van der Waals surface area contributed by atoms with Crippen LogP contribution in [0.4, 0.5) is 0 Å². The van der Waals surface area contributed by atoms with Gasteiger partial charge in [0.1, 0.15) is 0 Å². The summed E-state index contributed by atoms with van der Waals surface area (Å²) >= 11 is 0. The Balaban J connectivity index is 2.28. The third-order valence-corrected chi connectivity index (χ3v) is 1.86. The molecule has 0 saturated heterocycles. The predicted octanol–water partition coefficient (Wildman–Crippen LogP) is 2.56. The molecule has 0 aliphatic carbocycles. The first kappa shape index (κ1) is 10.0. The Labute approximate surface area is 79.7 Å². The first-order valence-electron chi connectivity index (χ1n) is 4.67. The van der Waals surface area contributed by atoms with Gasteiger partial charge < -0.3 is 5.11 Å². The molecule has 1 atom stereocenters. The molecule has 0 fully saturated rings. The molecule has 0 aromatic heterocycles. The zero-order valence-electron chi connectivity index (χ0n) is 7.98. The lowest BCUT2D eigenvalue weighted by Gasteiger charge is -1.97. The molecule has 0 radical (unpaired) electrons. The van der Waals surface area contributed by atoms with Crippen LogP contribution in [-0.4, -0.2) is 11.2 Å². The van der Waals surface area contributed by atoms with Crippen LogP contribution < -0.4 is 0 Å². The van der Waals surface area contributed by atoms with Crippen LogP contribution in [0.2, 0.25) is 0 Å². The first-order chi connectivity index (χ1) is 6.29. The van der Waals surface area contributed by atoms with Crippen LogP contribution in [0.15, 0.2) is 42.5 Å². The van der Waals surface area contributed by atoms with E-state index in [9.17, 15) is 0 Å². The molecule has 1 N–H and O–H groups in total. The highest BCUT2D eigenvalue weighted by molar-refractivity contribution is 5.15. The molecule has 1 aromatic carbocycles. The van der Waals surface area contributed by atoms with Crippen LogP contribution in [0.25, 0.3) is 0 Å². The van der Waals surface area contributed by atoms with Gasteiger partial charge in [0.15, 0.2) is 0 Å². The highest BCUT2D eigenvalue weighted by atomic mass is 16.3. The monoisotopic (exact) mass is 176 g/mol. The van der Waals surface area contributed by atoms with E-state index in [1.807, 2.05) is 30.4 Å². The second-order valence-electron chi connectivity index (χ2n) is 3.19. The third-order valence-electron chi connectivity index (χ3n) is 1.86. The van der Waals surface area contributed by atoms with Gasteiger partial charge in [-0.3, -0.25) is 0 Å². The van der Waals surface area contributed by atoms with Crippen molar-refractivity contribution < 1.29 is 5.11 Å². The Morgan fingerprint density at radius 2 is 2.00 bits per heavy atom. The molecule has 70 valence electrons. The molecule has 0 unspecified atom stereocenters. The van der Waals surface area contributed by atoms with Gasteiger partial charge in [0.2, 0.25) is 0 Å². The Morgan fingerprint density at radius 3 is 2.62 bits per heavy atom. The molecule has 0 aliphatic rings. The summed E-state index contributed by atoms with van der Waals surface area (Å²) in [5.41, 5.74) is 1.35. The molecule has 0 bridgehead atoms. The molecule has 0 saturated carbocycles. The van der Waals surface area contributed by atoms with Crippen molar-refractivity contribution in [3.8, 4) is 0 Å². The maximum absolute atomic E-state index is 8.96. The van der Waals surface area contributed by atoms with Gasteiger partial charge in [-0.25, -0.2) is 0 Å². The number of hydrogen-bond acceptors (Lipinski definition) is 1. The topological polar surface area (TPSA) is 20.2 Å². The fourth-order valence-corrected chi connectivity index (χ4v) is 1.19. The normalized spacial score (nSPS) is 13.4. The van der Waals surface area contributed by atoms with Gasteiger partial charge in [0.05, 0.1) is 6.10 Å². The summed E-state index contributed by atoms with van der Waals surface area (Å²) in [5, 5.41) is 8.96. The van der Waals surface area contributed by atoms with E-state index >= 15 is 0 Å². The van der Waals surface area contributed by atoms with Crippen molar-refractivity contribution in [3.05, 3.63) is 48.0 Å². The number of aliphatic hydroxyl groups excluding tert-OH is 1. The molecule has 1 rings (SSSR count). The minimum Gasteiger partial charge on any atom is -0.389 e. The van der Waals surface area contributed by atoms with E-state index in [0.29, 0.717) is 0 Å². The number of aliphatic hydroxyl groups is 1. The van der Waals surface area contributed by atoms with Gasteiger partial charge in [0.25, 0.3) is 0 Å². The SMILES string of the molecule is C[C@H](O)/C=C/CCc1ccccc1. The lowest BCUT2D eigenvalue weighted by Crippen LogP contribution is -1.91. The highest BCUT2D eigenvalue weighted by Gasteiger charge is 1.89. The zero-order valence-corrected chi connectivity index (χ0v) is 7.98. The summed E-state index contributed by atoms with van der Waals surface area (Å²) in [7, 11) is 0. The van der Waals surface area contributed by atoms with Crippen molar-refractivity contribution in [2.75, 3.05) is 0 Å². The average molecular weight is 176 g/mol. The molecular weight excluding hydrogens is 160 g/mol. The van der Waals surface area contributed by atoms with Crippen molar-refractivity contribution >= 4 is 0 Å². The van der Waals surface area contributed by atoms with E-state index in [-0.39, 0.29) is 6.10 Å². The minimum atomic E-state index is -0.323. The van der Waals surface area contributed by atoms with E-state index < -0.39 is 0 Å². The quantitative estimate of drug-likeness (QED) is 0.699. The van der Waals surface area contributed by atoms with Crippen LogP contribution in [0.3, 0.4) is 0 Å². The molecule has 1 heteroatoms. The largest absolute Gasteiger partial charge is 0.389 e. The van der Waals surface area contributed by atoms with Gasteiger partial charge in [0, 0.05) is 0 Å². The smallest absolute Gasteiger partial charge is 0.0692 e. The Morgan fingerprint density at radius 1 is 1.31 bits per heavy atom. The lowest BCUT2D eigenvalue weighted by molar-refractivity contribution is 0.244. The molecular formula is C12H16O. The summed E-state index contributed by atoms with van der Waals surface area (Å²) < 4.78 is 0. The van der Waals surface area contributed by atoms with E-state index in [1.165, 1.54) is 5.56 Å². The van der Waals surface area contributed by atoms with Gasteiger partial charge in [-0.15, -0.1) is 0 Å². The van der Waals surface area contributed by atoms with Gasteiger partial charge in [-0.1, -0.05) is 42.5 Å². The summed E-state index contributed by atoms with van der Waals surface area (Å²) in [4.78, 5) is 0. The van der Waals surface area contributed by atoms with Crippen LogP contribution in [0.1, 0.15) is 18.9 Å². The lowest BCUT2D eigenvalue weighted by atomic mass is 10.1. The fraction of sp³-hybridized carbons (Fsp3) is 0.333. The summed E-state index contributed by atoms with van der Waals surface area (Å²) in [6, 6.07) is 10.4. The maximum atomic E-state index is 8.96. The Hall–Kier alpha value is -1.08. The third kappa shape index (κ3) is 4.48.